The van der Waals surface area contributed by atoms with Gasteiger partial charge in [0.2, 0.25) is 11.8 Å². The number of ether oxygens (including phenoxy) is 2. The van der Waals surface area contributed by atoms with Crippen LogP contribution < -0.4 is 9.77 Å². The second-order valence-corrected chi connectivity index (χ2v) is 10.7. The average molecular weight is 554 g/mol. The van der Waals surface area contributed by atoms with E-state index in [-0.39, 0.29) is 24.6 Å². The van der Waals surface area contributed by atoms with Crippen molar-refractivity contribution in [3.8, 4) is 0 Å². The number of pyridine rings is 1. The van der Waals surface area contributed by atoms with Crippen LogP contribution in [0.25, 0.3) is 0 Å². The van der Waals surface area contributed by atoms with Gasteiger partial charge in [0, 0.05) is 23.2 Å². The molecule has 2 unspecified atom stereocenters. The van der Waals surface area contributed by atoms with Gasteiger partial charge in [0.1, 0.15) is 11.8 Å². The molecule has 0 N–H and O–H groups in total. The molecule has 0 saturated carbocycles. The van der Waals surface area contributed by atoms with Gasteiger partial charge in [-0.1, -0.05) is 29.2 Å². The zero-order valence-corrected chi connectivity index (χ0v) is 22.1. The monoisotopic (exact) mass is 553 g/mol. The topological polar surface area (TPSA) is 125 Å². The first kappa shape index (κ1) is 25.9. The molecule has 2 amide bonds. The fourth-order valence-electron chi connectivity index (χ4n) is 4.73. The third-order valence-corrected chi connectivity index (χ3v) is 8.93. The number of hydrogen-bond acceptors (Lipinski definition) is 10. The highest BCUT2D eigenvalue weighted by Gasteiger charge is 2.56. The van der Waals surface area contributed by atoms with Gasteiger partial charge in [-0.15, -0.1) is 0 Å². The lowest BCUT2D eigenvalue weighted by Crippen LogP contribution is -2.32. The van der Waals surface area contributed by atoms with Crippen molar-refractivity contribution in [2.75, 3.05) is 18.1 Å². The first-order valence-electron chi connectivity index (χ1n) is 12.0. The number of rotatable bonds is 7. The molecule has 1 saturated heterocycles. The summed E-state index contributed by atoms with van der Waals surface area (Å²) < 4.78 is 11.4. The molecule has 38 heavy (non-hydrogen) atoms. The van der Waals surface area contributed by atoms with Crippen molar-refractivity contribution in [2.45, 2.75) is 36.6 Å². The number of carbonyl (C=O) groups is 4. The van der Waals surface area contributed by atoms with Crippen molar-refractivity contribution >= 4 is 52.5 Å². The van der Waals surface area contributed by atoms with Crippen LogP contribution in [-0.4, -0.2) is 51.8 Å². The summed E-state index contributed by atoms with van der Waals surface area (Å²) >= 11 is 2.07. The maximum Gasteiger partial charge on any atom is 0.338 e. The molecule has 0 spiro atoms. The molecule has 0 radical (unpaired) electrons. The van der Waals surface area contributed by atoms with E-state index in [0.717, 1.165) is 28.0 Å². The van der Waals surface area contributed by atoms with Crippen LogP contribution in [0, 0.1) is 5.92 Å². The summed E-state index contributed by atoms with van der Waals surface area (Å²) in [7, 11) is 0. The Bertz CT molecular complexity index is 1470. The molecule has 3 aromatic rings. The largest absolute Gasteiger partial charge is 0.465 e. The third-order valence-electron chi connectivity index (χ3n) is 6.32. The third kappa shape index (κ3) is 4.43. The Morgan fingerprint density at radius 3 is 2.39 bits per heavy atom. The maximum absolute atomic E-state index is 13.8. The number of esters is 2. The van der Waals surface area contributed by atoms with Gasteiger partial charge >= 0.3 is 16.8 Å². The number of thioether (sulfide) groups is 1. The molecule has 10 nitrogen and oxygen atoms in total. The first-order chi connectivity index (χ1) is 18.3. The van der Waals surface area contributed by atoms with Gasteiger partial charge < -0.3 is 9.47 Å². The van der Waals surface area contributed by atoms with E-state index in [1.54, 1.807) is 32.3 Å². The summed E-state index contributed by atoms with van der Waals surface area (Å²) in [6.07, 6.45) is 3.23. The summed E-state index contributed by atoms with van der Waals surface area (Å²) in [5, 5.41) is -0.351. The van der Waals surface area contributed by atoms with Crippen LogP contribution in [0.15, 0.2) is 58.6 Å². The summed E-state index contributed by atoms with van der Waals surface area (Å²) in [4.78, 5) is 70.4. The molecular formula is C26H23N3O7S2. The predicted octanol–water partition coefficient (Wildman–Crippen LogP) is 2.84. The van der Waals surface area contributed by atoms with Crippen molar-refractivity contribution in [2.24, 2.45) is 5.92 Å². The summed E-state index contributed by atoms with van der Waals surface area (Å²) in [5.41, 5.74) is 1.33. The molecule has 2 aromatic heterocycles. The normalized spacial score (nSPS) is 20.2. The Morgan fingerprint density at radius 1 is 1.00 bits per heavy atom. The average Bonchev–Trinajstić information content (AvgIpc) is 3.35. The number of amides is 2. The number of thiazole rings is 1. The summed E-state index contributed by atoms with van der Waals surface area (Å²) in [6.45, 7) is 3.50. The number of fused-ring (bicyclic) bond motifs is 2. The highest BCUT2D eigenvalue weighted by Crippen LogP contribution is 2.53. The van der Waals surface area contributed by atoms with E-state index >= 15 is 0 Å². The standard InChI is InChI=1S/C26H23N3O7S2/c1-3-35-17(30)13-28-24-21(38-26(28)34)18(15-6-5-11-27-12-15)19-20(37-24)23(32)29(22(19)31)16-9-7-14(8-10-16)25(33)36-4-2/h5-12,18-20H,3-4,13H2,1-2H3/t18-,19?,20?/m1/s1. The number of nitrogens with zero attached hydrogens (tertiary/aromatic N) is 3. The van der Waals surface area contributed by atoms with Crippen LogP contribution in [0.2, 0.25) is 0 Å². The summed E-state index contributed by atoms with van der Waals surface area (Å²) in [6, 6.07) is 9.64. The SMILES string of the molecule is CCOC(=O)Cn1c2c(sc1=O)[C@H](c1cccnc1)C1C(=O)N(c3ccc(C(=O)OCC)cc3)C(=O)C1S2. The van der Waals surface area contributed by atoms with Gasteiger partial charge in [0.05, 0.1) is 35.4 Å². The van der Waals surface area contributed by atoms with Crippen LogP contribution in [-0.2, 0) is 30.4 Å². The number of carbonyl (C=O) groups excluding carboxylic acids is 4. The minimum atomic E-state index is -0.826. The van der Waals surface area contributed by atoms with Gasteiger partial charge in [-0.3, -0.25) is 28.7 Å². The molecule has 4 heterocycles. The van der Waals surface area contributed by atoms with Gasteiger partial charge in [-0.05, 0) is 49.7 Å². The quantitative estimate of drug-likeness (QED) is 0.321. The molecule has 12 heteroatoms. The van der Waals surface area contributed by atoms with Crippen LogP contribution in [0.1, 0.15) is 40.6 Å². The molecule has 5 rings (SSSR count). The highest BCUT2D eigenvalue weighted by molar-refractivity contribution is 8.00. The van der Waals surface area contributed by atoms with Crippen LogP contribution in [0.3, 0.4) is 0 Å². The molecule has 0 aliphatic carbocycles. The van der Waals surface area contributed by atoms with E-state index in [4.69, 9.17) is 9.47 Å². The fourth-order valence-corrected chi connectivity index (χ4v) is 7.50. The molecule has 196 valence electrons. The predicted molar refractivity (Wildman–Crippen MR) is 139 cm³/mol. The van der Waals surface area contributed by atoms with Crippen molar-refractivity contribution in [1.29, 1.82) is 0 Å². The number of aromatic nitrogens is 2. The number of hydrogen-bond donors (Lipinski definition) is 0. The zero-order valence-electron chi connectivity index (χ0n) is 20.5. The van der Waals surface area contributed by atoms with Crippen molar-refractivity contribution in [3.05, 3.63) is 74.5 Å². The minimum Gasteiger partial charge on any atom is -0.465 e. The van der Waals surface area contributed by atoms with Crippen LogP contribution in [0.4, 0.5) is 5.69 Å². The van der Waals surface area contributed by atoms with Gasteiger partial charge in [0.25, 0.3) is 0 Å². The first-order valence-corrected chi connectivity index (χ1v) is 13.7. The van der Waals surface area contributed by atoms with Gasteiger partial charge in [-0.2, -0.15) is 0 Å². The molecule has 3 atom stereocenters. The Hall–Kier alpha value is -3.77. The summed E-state index contributed by atoms with van der Waals surface area (Å²) in [5.74, 6) is -3.30. The molecule has 1 aromatic carbocycles. The van der Waals surface area contributed by atoms with E-state index in [9.17, 15) is 24.0 Å². The van der Waals surface area contributed by atoms with E-state index < -0.39 is 40.8 Å². The Balaban J connectivity index is 1.56. The zero-order chi connectivity index (χ0) is 27.0. The maximum atomic E-state index is 13.8. The molecule has 0 bridgehead atoms. The fraction of sp³-hybridized carbons (Fsp3) is 0.308. The Kier molecular flexibility index (Phi) is 7.17. The van der Waals surface area contributed by atoms with Crippen molar-refractivity contribution in [1.82, 2.24) is 9.55 Å². The Labute approximate surface area is 225 Å². The lowest BCUT2D eigenvalue weighted by atomic mass is 9.84. The lowest BCUT2D eigenvalue weighted by Gasteiger charge is -2.30. The minimum absolute atomic E-state index is 0.174. The molecule has 2 aliphatic rings. The molecular weight excluding hydrogens is 530 g/mol. The highest BCUT2D eigenvalue weighted by atomic mass is 32.2. The number of imide groups is 1. The van der Waals surface area contributed by atoms with Crippen LogP contribution >= 0.6 is 23.1 Å². The van der Waals surface area contributed by atoms with Crippen molar-refractivity contribution in [3.63, 3.8) is 0 Å². The van der Waals surface area contributed by atoms with Gasteiger partial charge in [0.15, 0.2) is 0 Å². The number of benzene rings is 1. The van der Waals surface area contributed by atoms with E-state index in [1.165, 1.54) is 28.8 Å². The Morgan fingerprint density at radius 2 is 1.74 bits per heavy atom. The van der Waals surface area contributed by atoms with E-state index in [2.05, 4.69) is 4.98 Å². The smallest absolute Gasteiger partial charge is 0.338 e. The van der Waals surface area contributed by atoms with Crippen molar-refractivity contribution < 1.29 is 28.7 Å². The van der Waals surface area contributed by atoms with E-state index in [0.29, 0.717) is 26.7 Å². The molecule has 1 fully saturated rings. The van der Waals surface area contributed by atoms with Gasteiger partial charge in [-0.25, -0.2) is 9.69 Å². The lowest BCUT2D eigenvalue weighted by molar-refractivity contribution is -0.144. The number of anilines is 1. The molecule has 2 aliphatic heterocycles. The second kappa shape index (κ2) is 10.5. The second-order valence-electron chi connectivity index (χ2n) is 8.54. The van der Waals surface area contributed by atoms with E-state index in [1.807, 2.05) is 6.07 Å². The van der Waals surface area contributed by atoms with Crippen LogP contribution in [0.5, 0.6) is 0 Å².